The lowest BCUT2D eigenvalue weighted by atomic mass is 9.95. The maximum Gasteiger partial charge on any atom is 0.244 e. The lowest BCUT2D eigenvalue weighted by Crippen LogP contribution is -2.52. The van der Waals surface area contributed by atoms with Crippen LogP contribution >= 0.6 is 11.6 Å². The van der Waals surface area contributed by atoms with E-state index in [1.807, 2.05) is 0 Å². The third kappa shape index (κ3) is 7.11. The van der Waals surface area contributed by atoms with E-state index < -0.39 is 28.5 Å². The number of carbonyl (C=O) groups is 2. The normalized spacial score (nSPS) is 16.4. The van der Waals surface area contributed by atoms with E-state index in [1.54, 1.807) is 49.4 Å². The van der Waals surface area contributed by atoms with Gasteiger partial charge in [0.1, 0.15) is 25.8 Å². The fourth-order valence-corrected chi connectivity index (χ4v) is 5.71. The van der Waals surface area contributed by atoms with E-state index in [4.69, 9.17) is 21.1 Å². The van der Waals surface area contributed by atoms with E-state index in [2.05, 4.69) is 5.32 Å². The Morgan fingerprint density at radius 2 is 1.68 bits per heavy atom. The smallest absolute Gasteiger partial charge is 0.244 e. The molecule has 0 aromatic heterocycles. The number of hydrogen-bond donors (Lipinski definition) is 1. The first-order valence-electron chi connectivity index (χ1n) is 12.8. The molecule has 1 N–H and O–H groups in total. The fourth-order valence-electron chi connectivity index (χ4n) is 4.74. The summed E-state index contributed by atoms with van der Waals surface area (Å²) >= 11 is 6.03. The molecule has 1 aliphatic carbocycles. The van der Waals surface area contributed by atoms with Crippen molar-refractivity contribution in [3.05, 3.63) is 53.1 Å². The van der Waals surface area contributed by atoms with Crippen LogP contribution in [0.4, 0.5) is 5.69 Å². The Balaban J connectivity index is 1.58. The topological polar surface area (TPSA) is 105 Å². The highest BCUT2D eigenvalue weighted by Gasteiger charge is 2.31. The Hall–Kier alpha value is -2.98. The quantitative estimate of drug-likeness (QED) is 0.498. The highest BCUT2D eigenvalue weighted by Crippen LogP contribution is 2.34. The number of carbonyl (C=O) groups excluding carboxylic acids is 2. The second kappa shape index (κ2) is 12.3. The van der Waals surface area contributed by atoms with E-state index >= 15 is 0 Å². The van der Waals surface area contributed by atoms with Crippen molar-refractivity contribution in [1.29, 1.82) is 0 Å². The van der Waals surface area contributed by atoms with E-state index in [9.17, 15) is 18.0 Å². The van der Waals surface area contributed by atoms with Crippen LogP contribution in [0.1, 0.15) is 44.6 Å². The maximum atomic E-state index is 13.7. The van der Waals surface area contributed by atoms with Crippen molar-refractivity contribution in [2.24, 2.45) is 0 Å². The Kier molecular flexibility index (Phi) is 9.04. The molecule has 1 heterocycles. The number of benzene rings is 2. The molecular weight excluding hydrogens is 530 g/mol. The van der Waals surface area contributed by atoms with Gasteiger partial charge in [-0.05, 0) is 49.6 Å². The summed E-state index contributed by atoms with van der Waals surface area (Å²) in [6, 6.07) is 11.0. The van der Waals surface area contributed by atoms with E-state index in [1.165, 1.54) is 4.90 Å². The monoisotopic (exact) mass is 563 g/mol. The summed E-state index contributed by atoms with van der Waals surface area (Å²) in [5.41, 5.74) is 1.04. The largest absolute Gasteiger partial charge is 0.486 e. The molecule has 9 nitrogen and oxygen atoms in total. The standard InChI is InChI=1S/C27H34ClN3O6S/c1-19(27(33)29-22-6-4-3-5-7-22)30(17-20-8-10-21(28)11-9-20)26(32)18-31(38(2,34)35)23-12-13-24-25(16-23)37-15-14-36-24/h8-13,16,19,22H,3-7,14-15,17-18H2,1-2H3,(H,29,33)/t19-/m1/s1. The van der Waals surface area contributed by atoms with Gasteiger partial charge in [-0.3, -0.25) is 13.9 Å². The number of amides is 2. The molecule has 0 spiro atoms. The zero-order valence-corrected chi connectivity index (χ0v) is 23.3. The molecule has 2 amide bonds. The fraction of sp³-hybridized carbons (Fsp3) is 0.481. The Morgan fingerprint density at radius 1 is 1.03 bits per heavy atom. The van der Waals surface area contributed by atoms with Crippen molar-refractivity contribution in [2.75, 3.05) is 30.3 Å². The van der Waals surface area contributed by atoms with Crippen molar-refractivity contribution in [1.82, 2.24) is 10.2 Å². The number of fused-ring (bicyclic) bond motifs is 1. The highest BCUT2D eigenvalue weighted by molar-refractivity contribution is 7.92. The zero-order valence-electron chi connectivity index (χ0n) is 21.7. The van der Waals surface area contributed by atoms with Gasteiger partial charge in [0.05, 0.1) is 11.9 Å². The molecule has 206 valence electrons. The van der Waals surface area contributed by atoms with Crippen LogP contribution in [0.2, 0.25) is 5.02 Å². The summed E-state index contributed by atoms with van der Waals surface area (Å²) in [5, 5.41) is 3.63. The van der Waals surface area contributed by atoms with Crippen molar-refractivity contribution >= 4 is 39.1 Å². The number of nitrogens with zero attached hydrogens (tertiary/aromatic N) is 2. The molecule has 1 atom stereocenters. The van der Waals surface area contributed by atoms with E-state index in [0.717, 1.165) is 48.2 Å². The average Bonchev–Trinajstić information content (AvgIpc) is 2.90. The molecule has 4 rings (SSSR count). The summed E-state index contributed by atoms with van der Waals surface area (Å²) in [4.78, 5) is 28.4. The molecule has 1 saturated carbocycles. The summed E-state index contributed by atoms with van der Waals surface area (Å²) in [6.07, 6.45) is 6.15. The molecule has 38 heavy (non-hydrogen) atoms. The Labute approximate surface area is 229 Å². The first kappa shape index (κ1) is 28.0. The molecular formula is C27H34ClN3O6S. The SMILES string of the molecule is C[C@H](C(=O)NC1CCCCC1)N(Cc1ccc(Cl)cc1)C(=O)CN(c1ccc2c(c1)OCCO2)S(C)(=O)=O. The minimum absolute atomic E-state index is 0.0800. The number of sulfonamides is 1. The molecule has 2 aliphatic rings. The maximum absolute atomic E-state index is 13.7. The predicted molar refractivity (Wildman–Crippen MR) is 146 cm³/mol. The number of ether oxygens (including phenoxy) is 2. The van der Waals surface area contributed by atoms with Crippen LogP contribution in [0.25, 0.3) is 0 Å². The number of hydrogen-bond acceptors (Lipinski definition) is 6. The first-order valence-corrected chi connectivity index (χ1v) is 15.1. The van der Waals surface area contributed by atoms with Gasteiger partial charge < -0.3 is 19.7 Å². The van der Waals surface area contributed by atoms with Crippen LogP contribution in [-0.2, 0) is 26.2 Å². The van der Waals surface area contributed by atoms with Crippen LogP contribution in [0.15, 0.2) is 42.5 Å². The number of rotatable bonds is 9. The molecule has 2 aromatic rings. The van der Waals surface area contributed by atoms with Crippen LogP contribution in [0, 0.1) is 0 Å². The van der Waals surface area contributed by atoms with Gasteiger partial charge in [0.15, 0.2) is 11.5 Å². The summed E-state index contributed by atoms with van der Waals surface area (Å²) < 4.78 is 37.8. The van der Waals surface area contributed by atoms with Crippen molar-refractivity contribution < 1.29 is 27.5 Å². The molecule has 2 aromatic carbocycles. The minimum atomic E-state index is -3.85. The third-order valence-corrected chi connectivity index (χ3v) is 8.27. The molecule has 0 saturated heterocycles. The van der Waals surface area contributed by atoms with Crippen molar-refractivity contribution in [3.63, 3.8) is 0 Å². The number of anilines is 1. The van der Waals surface area contributed by atoms with Crippen molar-refractivity contribution in [3.8, 4) is 11.5 Å². The molecule has 1 aliphatic heterocycles. The van der Waals surface area contributed by atoms with Crippen LogP contribution in [0.3, 0.4) is 0 Å². The predicted octanol–water partition coefficient (Wildman–Crippen LogP) is 3.74. The van der Waals surface area contributed by atoms with Gasteiger partial charge in [0.25, 0.3) is 0 Å². The van der Waals surface area contributed by atoms with Gasteiger partial charge in [0.2, 0.25) is 21.8 Å². The lowest BCUT2D eigenvalue weighted by Gasteiger charge is -2.33. The molecule has 1 fully saturated rings. The van der Waals surface area contributed by atoms with Gasteiger partial charge in [0, 0.05) is 23.7 Å². The van der Waals surface area contributed by atoms with Gasteiger partial charge in [-0.15, -0.1) is 0 Å². The van der Waals surface area contributed by atoms with Gasteiger partial charge in [-0.2, -0.15) is 0 Å². The van der Waals surface area contributed by atoms with E-state index in [-0.39, 0.29) is 24.2 Å². The van der Waals surface area contributed by atoms with E-state index in [0.29, 0.717) is 29.7 Å². The summed E-state index contributed by atoms with van der Waals surface area (Å²) in [7, 11) is -3.85. The van der Waals surface area contributed by atoms with Gasteiger partial charge >= 0.3 is 0 Å². The lowest BCUT2D eigenvalue weighted by molar-refractivity contribution is -0.139. The Morgan fingerprint density at radius 3 is 2.34 bits per heavy atom. The molecule has 0 radical (unpaired) electrons. The number of halogens is 1. The van der Waals surface area contributed by atoms with Crippen LogP contribution in [-0.4, -0.2) is 63.2 Å². The molecule has 0 bridgehead atoms. The summed E-state index contributed by atoms with van der Waals surface area (Å²) in [5.74, 6) is 0.154. The number of nitrogens with one attached hydrogen (secondary N) is 1. The Bertz CT molecular complexity index is 1250. The zero-order chi connectivity index (χ0) is 27.3. The van der Waals surface area contributed by atoms with Crippen LogP contribution in [0.5, 0.6) is 11.5 Å². The third-order valence-electron chi connectivity index (χ3n) is 6.88. The second-order valence-corrected chi connectivity index (χ2v) is 12.1. The first-order chi connectivity index (χ1) is 18.1. The highest BCUT2D eigenvalue weighted by atomic mass is 35.5. The molecule has 0 unspecified atom stereocenters. The van der Waals surface area contributed by atoms with Crippen LogP contribution < -0.4 is 19.1 Å². The summed E-state index contributed by atoms with van der Waals surface area (Å²) in [6.45, 7) is 2.06. The van der Waals surface area contributed by atoms with Gasteiger partial charge in [-0.25, -0.2) is 8.42 Å². The van der Waals surface area contributed by atoms with Crippen molar-refractivity contribution in [2.45, 2.75) is 57.7 Å². The van der Waals surface area contributed by atoms with Gasteiger partial charge in [-0.1, -0.05) is 43.0 Å². The second-order valence-electron chi connectivity index (χ2n) is 9.77. The minimum Gasteiger partial charge on any atom is -0.486 e. The average molecular weight is 564 g/mol. The molecule has 11 heteroatoms.